The Balaban J connectivity index is 4.22. The number of ether oxygens (including phenoxy) is 1. The molecule has 0 bridgehead atoms. The fourth-order valence-electron chi connectivity index (χ4n) is 1.62. The molecule has 0 aromatic rings. The summed E-state index contributed by atoms with van der Waals surface area (Å²) in [6.45, 7) is 3.38. The predicted octanol–water partition coefficient (Wildman–Crippen LogP) is 0.332. The Morgan fingerprint density at radius 2 is 1.39 bits per heavy atom. The van der Waals surface area contributed by atoms with Crippen molar-refractivity contribution in [3.63, 3.8) is 0 Å². The lowest BCUT2D eigenvalue weighted by Crippen LogP contribution is -2.46. The van der Waals surface area contributed by atoms with E-state index in [2.05, 4.69) is 23.9 Å². The van der Waals surface area contributed by atoms with Crippen molar-refractivity contribution in [2.45, 2.75) is 6.04 Å². The Morgan fingerprint density at radius 1 is 0.833 bits per heavy atom. The maximum atomic E-state index is 5.41. The van der Waals surface area contributed by atoms with Gasteiger partial charge in [0, 0.05) is 54.1 Å². The van der Waals surface area contributed by atoms with Crippen LogP contribution < -0.4 is 0 Å². The van der Waals surface area contributed by atoms with Crippen LogP contribution in [0.15, 0.2) is 0 Å². The van der Waals surface area contributed by atoms with E-state index in [0.29, 0.717) is 6.73 Å². The predicted molar refractivity (Wildman–Crippen MR) is 73.6 cm³/mol. The first kappa shape index (κ1) is 18.0. The zero-order valence-corrected chi connectivity index (χ0v) is 13.6. The molecule has 0 unspecified atom stereocenters. The van der Waals surface area contributed by atoms with Crippen molar-refractivity contribution in [1.82, 2.24) is 9.80 Å². The number of nitrogens with zero attached hydrogens (tertiary/aromatic N) is 2. The van der Waals surface area contributed by atoms with Gasteiger partial charge in [-0.3, -0.25) is 4.90 Å². The van der Waals surface area contributed by atoms with Gasteiger partial charge in [-0.1, -0.05) is 0 Å². The second-order valence-electron chi connectivity index (χ2n) is 4.38. The van der Waals surface area contributed by atoms with E-state index in [1.54, 1.807) is 28.4 Å². The highest BCUT2D eigenvalue weighted by Gasteiger charge is 2.37. The van der Waals surface area contributed by atoms with Gasteiger partial charge >= 0.3 is 8.80 Å². The minimum Gasteiger partial charge on any atom is -0.377 e. The molecule has 6 nitrogen and oxygen atoms in total. The third-order valence-electron chi connectivity index (χ3n) is 2.84. The summed E-state index contributed by atoms with van der Waals surface area (Å²) >= 11 is 0. The zero-order valence-electron chi connectivity index (χ0n) is 12.6. The summed E-state index contributed by atoms with van der Waals surface area (Å²) in [5, 5.41) is 0. The summed E-state index contributed by atoms with van der Waals surface area (Å²) in [5.41, 5.74) is 0. The maximum Gasteiger partial charge on any atom is 0.501 e. The first-order valence-corrected chi connectivity index (χ1v) is 7.98. The third kappa shape index (κ3) is 6.79. The maximum absolute atomic E-state index is 5.41. The monoisotopic (exact) mass is 280 g/mol. The summed E-state index contributed by atoms with van der Waals surface area (Å²) in [6, 6.07) is 0.757. The topological polar surface area (TPSA) is 43.4 Å². The Hall–Kier alpha value is -0.0231. The highest BCUT2D eigenvalue weighted by atomic mass is 28.4. The Kier molecular flexibility index (Phi) is 9.84. The molecule has 0 fully saturated rings. The van der Waals surface area contributed by atoms with Crippen molar-refractivity contribution in [3.8, 4) is 0 Å². The molecule has 0 amide bonds. The Morgan fingerprint density at radius 3 is 1.78 bits per heavy atom. The van der Waals surface area contributed by atoms with Crippen molar-refractivity contribution in [1.29, 1.82) is 0 Å². The van der Waals surface area contributed by atoms with Gasteiger partial charge in [-0.15, -0.1) is 0 Å². The van der Waals surface area contributed by atoms with Crippen LogP contribution in [0.2, 0.25) is 6.04 Å². The van der Waals surface area contributed by atoms with Gasteiger partial charge in [-0.05, 0) is 14.1 Å². The molecule has 0 N–H and O–H groups in total. The second-order valence-corrected chi connectivity index (χ2v) is 7.48. The normalized spacial score (nSPS) is 12.7. The second kappa shape index (κ2) is 9.85. The van der Waals surface area contributed by atoms with Crippen molar-refractivity contribution >= 4 is 8.80 Å². The van der Waals surface area contributed by atoms with Crippen molar-refractivity contribution in [2.75, 3.05) is 68.9 Å². The van der Waals surface area contributed by atoms with Crippen LogP contribution in [0.4, 0.5) is 0 Å². The van der Waals surface area contributed by atoms with Gasteiger partial charge in [-0.25, -0.2) is 0 Å². The first-order valence-electron chi connectivity index (χ1n) is 6.05. The van der Waals surface area contributed by atoms with E-state index in [9.17, 15) is 0 Å². The molecule has 0 saturated heterocycles. The Bertz CT molecular complexity index is 195. The fraction of sp³-hybridized carbons (Fsp3) is 1.00. The van der Waals surface area contributed by atoms with Crippen LogP contribution in [0.5, 0.6) is 0 Å². The van der Waals surface area contributed by atoms with Gasteiger partial charge in [0.05, 0.1) is 6.73 Å². The fourth-order valence-corrected chi connectivity index (χ4v) is 3.32. The molecule has 0 aromatic heterocycles. The molecule has 0 saturated carbocycles. The van der Waals surface area contributed by atoms with Crippen LogP contribution in [-0.2, 0) is 18.0 Å². The largest absolute Gasteiger partial charge is 0.501 e. The minimum atomic E-state index is -2.48. The van der Waals surface area contributed by atoms with E-state index in [1.807, 2.05) is 0 Å². The molecule has 18 heavy (non-hydrogen) atoms. The van der Waals surface area contributed by atoms with Gasteiger partial charge < -0.3 is 22.9 Å². The molecule has 0 spiro atoms. The Labute approximate surface area is 112 Å². The standard InChI is InChI=1S/C11H28N2O4Si/c1-12(2)7-8-13(11-14-3)9-10-18(15-4,16-5)17-6/h7-11H2,1-6H3. The van der Waals surface area contributed by atoms with Crippen LogP contribution in [0.3, 0.4) is 0 Å². The van der Waals surface area contributed by atoms with E-state index in [4.69, 9.17) is 18.0 Å². The van der Waals surface area contributed by atoms with E-state index in [-0.39, 0.29) is 0 Å². The molecular weight excluding hydrogens is 252 g/mol. The van der Waals surface area contributed by atoms with Crippen molar-refractivity contribution < 1.29 is 18.0 Å². The molecule has 7 heteroatoms. The summed E-state index contributed by atoms with van der Waals surface area (Å²) in [7, 11) is 8.26. The first-order chi connectivity index (χ1) is 8.53. The molecule has 0 radical (unpaired) electrons. The summed E-state index contributed by atoms with van der Waals surface area (Å²) in [6.07, 6.45) is 0. The summed E-state index contributed by atoms with van der Waals surface area (Å²) in [5.74, 6) is 0. The van der Waals surface area contributed by atoms with Crippen molar-refractivity contribution in [3.05, 3.63) is 0 Å². The van der Waals surface area contributed by atoms with Gasteiger partial charge in [0.1, 0.15) is 0 Å². The number of rotatable bonds is 11. The van der Waals surface area contributed by atoms with Gasteiger partial charge in [-0.2, -0.15) is 0 Å². The molecule has 0 aromatic carbocycles. The average molecular weight is 280 g/mol. The van der Waals surface area contributed by atoms with Gasteiger partial charge in [0.2, 0.25) is 0 Å². The lowest BCUT2D eigenvalue weighted by atomic mass is 10.5. The van der Waals surface area contributed by atoms with Crippen LogP contribution in [0.25, 0.3) is 0 Å². The molecular formula is C11H28N2O4Si. The molecule has 0 rings (SSSR count). The van der Waals surface area contributed by atoms with Gasteiger partial charge in [0.15, 0.2) is 0 Å². The molecule has 0 aliphatic rings. The molecule has 0 aliphatic carbocycles. The van der Waals surface area contributed by atoms with Crippen LogP contribution in [-0.4, -0.2) is 87.5 Å². The lowest BCUT2D eigenvalue weighted by Gasteiger charge is -2.28. The number of methoxy groups -OCH3 is 1. The smallest absolute Gasteiger partial charge is 0.377 e. The molecule has 110 valence electrons. The number of hydrogen-bond acceptors (Lipinski definition) is 6. The highest BCUT2D eigenvalue weighted by Crippen LogP contribution is 2.13. The number of hydrogen-bond donors (Lipinski definition) is 0. The minimum absolute atomic E-state index is 0.607. The average Bonchev–Trinajstić information content (AvgIpc) is 2.37. The zero-order chi connectivity index (χ0) is 14.0. The van der Waals surface area contributed by atoms with E-state index >= 15 is 0 Å². The van der Waals surface area contributed by atoms with Crippen molar-refractivity contribution in [2.24, 2.45) is 0 Å². The SMILES string of the molecule is COCN(CCN(C)C)CC[Si](OC)(OC)OC. The molecule has 0 aliphatic heterocycles. The number of likely N-dealkylation sites (N-methyl/N-ethyl adjacent to an activating group) is 1. The molecule has 0 atom stereocenters. The molecule has 0 heterocycles. The summed E-state index contributed by atoms with van der Waals surface area (Å²) in [4.78, 5) is 4.37. The summed E-state index contributed by atoms with van der Waals surface area (Å²) < 4.78 is 21.4. The van der Waals surface area contributed by atoms with E-state index < -0.39 is 8.80 Å². The van der Waals surface area contributed by atoms with Crippen LogP contribution >= 0.6 is 0 Å². The van der Waals surface area contributed by atoms with E-state index in [0.717, 1.165) is 25.7 Å². The van der Waals surface area contributed by atoms with Crippen LogP contribution in [0, 0.1) is 0 Å². The van der Waals surface area contributed by atoms with Gasteiger partial charge in [0.25, 0.3) is 0 Å². The van der Waals surface area contributed by atoms with Crippen LogP contribution in [0.1, 0.15) is 0 Å². The lowest BCUT2D eigenvalue weighted by molar-refractivity contribution is 0.0555. The highest BCUT2D eigenvalue weighted by molar-refractivity contribution is 6.60. The van der Waals surface area contributed by atoms with E-state index in [1.165, 1.54) is 0 Å². The third-order valence-corrected chi connectivity index (χ3v) is 5.54. The quantitative estimate of drug-likeness (QED) is 0.401.